The fraction of sp³-hybridized carbons (Fsp3) is 0.619. The van der Waals surface area contributed by atoms with Crippen LogP contribution in [0.1, 0.15) is 58.3 Å². The van der Waals surface area contributed by atoms with Crippen molar-refractivity contribution in [1.82, 2.24) is 4.90 Å². The van der Waals surface area contributed by atoms with Crippen molar-refractivity contribution in [1.29, 1.82) is 0 Å². The number of nitrogens with zero attached hydrogens (tertiary/aromatic N) is 2. The molecule has 0 aliphatic carbocycles. The van der Waals surface area contributed by atoms with Crippen molar-refractivity contribution in [3.8, 4) is 0 Å². The minimum Gasteiger partial charge on any atom is -0.372 e. The monoisotopic (exact) mass is 357 g/mol. The number of likely N-dealkylation sites (tertiary alicyclic amines) is 1. The van der Waals surface area contributed by atoms with E-state index in [0.29, 0.717) is 6.04 Å². The molecule has 0 aromatic heterocycles. The van der Waals surface area contributed by atoms with Crippen LogP contribution in [0.5, 0.6) is 0 Å². The van der Waals surface area contributed by atoms with Crippen molar-refractivity contribution < 1.29 is 9.59 Å². The molecule has 2 aliphatic heterocycles. The number of anilines is 2. The highest BCUT2D eigenvalue weighted by molar-refractivity contribution is 6.03. The maximum Gasteiger partial charge on any atom is 0.233 e. The summed E-state index contributed by atoms with van der Waals surface area (Å²) in [6.45, 7) is 5.11. The normalized spacial score (nSPS) is 20.7. The molecule has 5 heteroatoms. The second-order valence-electron chi connectivity index (χ2n) is 7.46. The molecular formula is C21H31N3O2. The van der Waals surface area contributed by atoms with Crippen molar-refractivity contribution >= 4 is 23.2 Å². The average Bonchev–Trinajstić information content (AvgIpc) is 2.69. The molecule has 1 aromatic rings. The number of nitrogens with one attached hydrogen (secondary N) is 1. The van der Waals surface area contributed by atoms with Gasteiger partial charge in [0.1, 0.15) is 6.42 Å². The molecule has 2 saturated heterocycles. The van der Waals surface area contributed by atoms with Crippen molar-refractivity contribution in [2.45, 2.75) is 64.3 Å². The number of carbonyl (C=O) groups excluding carboxylic acids is 2. The van der Waals surface area contributed by atoms with Gasteiger partial charge in [-0.2, -0.15) is 0 Å². The van der Waals surface area contributed by atoms with Gasteiger partial charge in [-0.1, -0.05) is 6.92 Å². The van der Waals surface area contributed by atoms with Gasteiger partial charge < -0.3 is 15.1 Å². The van der Waals surface area contributed by atoms with E-state index in [1.54, 1.807) is 0 Å². The molecule has 0 saturated carbocycles. The van der Waals surface area contributed by atoms with Crippen LogP contribution in [0.2, 0.25) is 0 Å². The van der Waals surface area contributed by atoms with Crippen LogP contribution in [0.4, 0.5) is 11.4 Å². The molecule has 2 amide bonds. The van der Waals surface area contributed by atoms with E-state index >= 15 is 0 Å². The number of amides is 2. The SMILES string of the molecule is CCC1CCCCN1C(=O)CC(=O)Nc1ccc(N2CCCCC2)cc1. The van der Waals surface area contributed by atoms with Crippen LogP contribution in [0.15, 0.2) is 24.3 Å². The molecule has 0 bridgehead atoms. The third-order valence-corrected chi connectivity index (χ3v) is 5.60. The van der Waals surface area contributed by atoms with E-state index in [-0.39, 0.29) is 18.2 Å². The van der Waals surface area contributed by atoms with Crippen LogP contribution in [0.3, 0.4) is 0 Å². The summed E-state index contributed by atoms with van der Waals surface area (Å²) in [4.78, 5) is 29.1. The molecule has 2 heterocycles. The summed E-state index contributed by atoms with van der Waals surface area (Å²) in [6.07, 6.45) is 7.98. The summed E-state index contributed by atoms with van der Waals surface area (Å²) in [5.74, 6) is -0.264. The summed E-state index contributed by atoms with van der Waals surface area (Å²) < 4.78 is 0. The summed E-state index contributed by atoms with van der Waals surface area (Å²) in [7, 11) is 0. The van der Waals surface area contributed by atoms with Crippen LogP contribution >= 0.6 is 0 Å². The number of benzene rings is 1. The molecule has 5 nitrogen and oxygen atoms in total. The Morgan fingerprint density at radius 1 is 1.00 bits per heavy atom. The first-order chi connectivity index (χ1) is 12.7. The largest absolute Gasteiger partial charge is 0.372 e. The zero-order chi connectivity index (χ0) is 18.4. The Hall–Kier alpha value is -2.04. The van der Waals surface area contributed by atoms with Gasteiger partial charge in [0.2, 0.25) is 11.8 Å². The molecular weight excluding hydrogens is 326 g/mol. The number of rotatable bonds is 5. The standard InChI is InChI=1S/C21H31N3O2/c1-2-18-8-4-7-15-24(18)21(26)16-20(25)22-17-9-11-19(12-10-17)23-13-5-3-6-14-23/h9-12,18H,2-8,13-16H2,1H3,(H,22,25). The van der Waals surface area contributed by atoms with Crippen molar-refractivity contribution in [3.63, 3.8) is 0 Å². The van der Waals surface area contributed by atoms with E-state index in [2.05, 4.69) is 29.3 Å². The lowest BCUT2D eigenvalue weighted by molar-refractivity contribution is -0.137. The van der Waals surface area contributed by atoms with Crippen LogP contribution in [-0.2, 0) is 9.59 Å². The minimum absolute atomic E-state index is 0.0426. The Morgan fingerprint density at radius 2 is 1.69 bits per heavy atom. The molecule has 3 rings (SSSR count). The lowest BCUT2D eigenvalue weighted by Crippen LogP contribution is -2.44. The fourth-order valence-corrected chi connectivity index (χ4v) is 4.11. The number of hydrogen-bond acceptors (Lipinski definition) is 3. The predicted octanol–water partition coefficient (Wildman–Crippen LogP) is 3.80. The van der Waals surface area contributed by atoms with E-state index in [1.807, 2.05) is 17.0 Å². The van der Waals surface area contributed by atoms with E-state index in [4.69, 9.17) is 0 Å². The molecule has 2 aliphatic rings. The topological polar surface area (TPSA) is 52.7 Å². The Morgan fingerprint density at radius 3 is 2.38 bits per heavy atom. The summed E-state index contributed by atoms with van der Waals surface area (Å²) in [6, 6.07) is 8.28. The van der Waals surface area contributed by atoms with Crippen LogP contribution in [0.25, 0.3) is 0 Å². The van der Waals surface area contributed by atoms with E-state index in [1.165, 1.54) is 31.4 Å². The van der Waals surface area contributed by atoms with Crippen molar-refractivity contribution in [3.05, 3.63) is 24.3 Å². The van der Waals surface area contributed by atoms with Gasteiger partial charge in [-0.05, 0) is 69.2 Å². The Balaban J connectivity index is 1.51. The molecule has 26 heavy (non-hydrogen) atoms. The zero-order valence-electron chi connectivity index (χ0n) is 15.9. The van der Waals surface area contributed by atoms with Gasteiger partial charge in [-0.3, -0.25) is 9.59 Å². The van der Waals surface area contributed by atoms with Gasteiger partial charge in [0, 0.05) is 37.1 Å². The maximum atomic E-state index is 12.5. The molecule has 0 radical (unpaired) electrons. The molecule has 2 fully saturated rings. The van der Waals surface area contributed by atoms with Gasteiger partial charge >= 0.3 is 0 Å². The highest BCUT2D eigenvalue weighted by Gasteiger charge is 2.26. The number of carbonyl (C=O) groups is 2. The summed E-state index contributed by atoms with van der Waals surface area (Å²) in [5.41, 5.74) is 1.96. The molecule has 1 aromatic carbocycles. The zero-order valence-corrected chi connectivity index (χ0v) is 15.9. The third-order valence-electron chi connectivity index (χ3n) is 5.60. The lowest BCUT2D eigenvalue weighted by atomic mass is 9.99. The molecule has 1 N–H and O–H groups in total. The molecule has 0 spiro atoms. The van der Waals surface area contributed by atoms with Crippen LogP contribution in [-0.4, -0.2) is 42.4 Å². The smallest absolute Gasteiger partial charge is 0.233 e. The van der Waals surface area contributed by atoms with Gasteiger partial charge in [-0.25, -0.2) is 0 Å². The lowest BCUT2D eigenvalue weighted by Gasteiger charge is -2.35. The number of hydrogen-bond donors (Lipinski definition) is 1. The highest BCUT2D eigenvalue weighted by atomic mass is 16.2. The predicted molar refractivity (Wildman–Crippen MR) is 105 cm³/mol. The average molecular weight is 357 g/mol. The number of piperidine rings is 2. The summed E-state index contributed by atoms with van der Waals surface area (Å²) in [5, 5.41) is 2.87. The van der Waals surface area contributed by atoms with Crippen LogP contribution in [0, 0.1) is 0 Å². The van der Waals surface area contributed by atoms with E-state index in [9.17, 15) is 9.59 Å². The minimum atomic E-state index is -0.221. The third kappa shape index (κ3) is 4.77. The van der Waals surface area contributed by atoms with Gasteiger partial charge in [-0.15, -0.1) is 0 Å². The van der Waals surface area contributed by atoms with E-state index < -0.39 is 0 Å². The van der Waals surface area contributed by atoms with E-state index in [0.717, 1.165) is 44.6 Å². The summed E-state index contributed by atoms with van der Waals surface area (Å²) >= 11 is 0. The fourth-order valence-electron chi connectivity index (χ4n) is 4.11. The van der Waals surface area contributed by atoms with Crippen molar-refractivity contribution in [2.75, 3.05) is 29.9 Å². The second kappa shape index (κ2) is 9.06. The molecule has 1 unspecified atom stereocenters. The Bertz CT molecular complexity index is 608. The first-order valence-electron chi connectivity index (χ1n) is 10.1. The first kappa shape index (κ1) is 18.7. The highest BCUT2D eigenvalue weighted by Crippen LogP contribution is 2.23. The van der Waals surface area contributed by atoms with Crippen LogP contribution < -0.4 is 10.2 Å². The van der Waals surface area contributed by atoms with Crippen molar-refractivity contribution in [2.24, 2.45) is 0 Å². The van der Waals surface area contributed by atoms with Gasteiger partial charge in [0.25, 0.3) is 0 Å². The Kier molecular flexibility index (Phi) is 6.53. The Labute approximate surface area is 156 Å². The van der Waals surface area contributed by atoms with Gasteiger partial charge in [0.05, 0.1) is 0 Å². The second-order valence-corrected chi connectivity index (χ2v) is 7.46. The quantitative estimate of drug-likeness (QED) is 0.816. The maximum absolute atomic E-state index is 12.5. The molecule has 1 atom stereocenters. The molecule has 142 valence electrons. The van der Waals surface area contributed by atoms with Gasteiger partial charge in [0.15, 0.2) is 0 Å². The first-order valence-corrected chi connectivity index (χ1v) is 10.1.